The Kier molecular flexibility index (Phi) is 6.34. The summed E-state index contributed by atoms with van der Waals surface area (Å²) in [5.41, 5.74) is 1.50. The van der Waals surface area contributed by atoms with E-state index >= 15 is 0 Å². The van der Waals surface area contributed by atoms with Crippen molar-refractivity contribution in [1.82, 2.24) is 10.3 Å². The molecule has 1 heterocycles. The first-order chi connectivity index (χ1) is 11.4. The number of aromatic nitrogens is 1. The first-order valence-electron chi connectivity index (χ1n) is 7.63. The number of rotatable bonds is 7. The molecule has 0 spiro atoms. The van der Waals surface area contributed by atoms with E-state index in [2.05, 4.69) is 10.3 Å². The minimum Gasteiger partial charge on any atom is -0.480 e. The number of halogens is 1. The Hall–Kier alpha value is -1.92. The highest BCUT2D eigenvalue weighted by atomic mass is 35.5. The Morgan fingerprint density at radius 1 is 1.42 bits per heavy atom. The van der Waals surface area contributed by atoms with E-state index < -0.39 is 12.0 Å². The average Bonchev–Trinajstić information content (AvgIpc) is 3.00. The summed E-state index contributed by atoms with van der Waals surface area (Å²) in [5.74, 6) is -1.50. The molecule has 5 nitrogen and oxygen atoms in total. The molecule has 0 aliphatic heterocycles. The van der Waals surface area contributed by atoms with Crippen LogP contribution >= 0.6 is 22.9 Å². The zero-order valence-corrected chi connectivity index (χ0v) is 15.0. The van der Waals surface area contributed by atoms with E-state index in [9.17, 15) is 14.7 Å². The van der Waals surface area contributed by atoms with Crippen molar-refractivity contribution in [3.63, 3.8) is 0 Å². The van der Waals surface area contributed by atoms with Crippen LogP contribution in [0.3, 0.4) is 0 Å². The summed E-state index contributed by atoms with van der Waals surface area (Å²) < 4.78 is 0. The SMILES string of the molecule is CC[C@@H](C)[C@H](NC(=O)Cc1csc(-c2cccc(Cl)c2)n1)C(=O)O. The van der Waals surface area contributed by atoms with Crippen LogP contribution in [0.4, 0.5) is 0 Å². The summed E-state index contributed by atoms with van der Waals surface area (Å²) in [7, 11) is 0. The van der Waals surface area contributed by atoms with Crippen molar-refractivity contribution >= 4 is 34.8 Å². The number of nitrogens with one attached hydrogen (secondary N) is 1. The Morgan fingerprint density at radius 3 is 2.79 bits per heavy atom. The Morgan fingerprint density at radius 2 is 2.17 bits per heavy atom. The van der Waals surface area contributed by atoms with Crippen molar-refractivity contribution in [1.29, 1.82) is 0 Å². The number of hydrogen-bond acceptors (Lipinski definition) is 4. The number of hydrogen-bond donors (Lipinski definition) is 2. The maximum atomic E-state index is 12.1. The van der Waals surface area contributed by atoms with Gasteiger partial charge in [0, 0.05) is 16.0 Å². The summed E-state index contributed by atoms with van der Waals surface area (Å²) in [6, 6.07) is 6.46. The smallest absolute Gasteiger partial charge is 0.326 e. The largest absolute Gasteiger partial charge is 0.480 e. The van der Waals surface area contributed by atoms with Crippen LogP contribution in [0.1, 0.15) is 26.0 Å². The van der Waals surface area contributed by atoms with Crippen LogP contribution in [0.25, 0.3) is 10.6 Å². The van der Waals surface area contributed by atoms with Crippen LogP contribution < -0.4 is 5.32 Å². The number of carboxylic acids is 1. The zero-order valence-electron chi connectivity index (χ0n) is 13.5. The molecule has 24 heavy (non-hydrogen) atoms. The third-order valence-electron chi connectivity index (χ3n) is 3.76. The second-order valence-corrected chi connectivity index (χ2v) is 6.89. The van der Waals surface area contributed by atoms with Gasteiger partial charge in [-0.2, -0.15) is 0 Å². The molecule has 0 unspecified atom stereocenters. The lowest BCUT2D eigenvalue weighted by molar-refractivity contribution is -0.143. The summed E-state index contributed by atoms with van der Waals surface area (Å²) in [4.78, 5) is 27.8. The number of thiazole rings is 1. The van der Waals surface area contributed by atoms with Crippen LogP contribution in [-0.2, 0) is 16.0 Å². The molecule has 1 aromatic heterocycles. The fraction of sp³-hybridized carbons (Fsp3) is 0.353. The van der Waals surface area contributed by atoms with E-state index in [1.807, 2.05) is 25.1 Å². The normalized spacial score (nSPS) is 13.3. The molecule has 2 atom stereocenters. The van der Waals surface area contributed by atoms with Crippen LogP contribution in [0.2, 0.25) is 5.02 Å². The molecule has 1 aromatic carbocycles. The molecule has 0 radical (unpaired) electrons. The van der Waals surface area contributed by atoms with Crippen LogP contribution in [0, 0.1) is 5.92 Å². The van der Waals surface area contributed by atoms with Crippen molar-refractivity contribution in [3.8, 4) is 10.6 Å². The van der Waals surface area contributed by atoms with Gasteiger partial charge in [-0.05, 0) is 18.1 Å². The first-order valence-corrected chi connectivity index (χ1v) is 8.89. The van der Waals surface area contributed by atoms with Gasteiger partial charge in [-0.1, -0.05) is 44.0 Å². The van der Waals surface area contributed by atoms with Gasteiger partial charge < -0.3 is 10.4 Å². The monoisotopic (exact) mass is 366 g/mol. The van der Waals surface area contributed by atoms with Gasteiger partial charge in [0.2, 0.25) is 5.91 Å². The second-order valence-electron chi connectivity index (χ2n) is 5.60. The molecule has 0 saturated heterocycles. The molecule has 128 valence electrons. The molecule has 0 saturated carbocycles. The fourth-order valence-electron chi connectivity index (χ4n) is 2.21. The third kappa shape index (κ3) is 4.79. The lowest BCUT2D eigenvalue weighted by Gasteiger charge is -2.19. The molecule has 2 N–H and O–H groups in total. The molecule has 0 fully saturated rings. The molecule has 0 bridgehead atoms. The Labute approximate surface area is 149 Å². The number of aliphatic carboxylic acids is 1. The van der Waals surface area contributed by atoms with Crippen molar-refractivity contribution in [2.45, 2.75) is 32.7 Å². The second kappa shape index (κ2) is 8.26. The number of amides is 1. The van der Waals surface area contributed by atoms with Crippen molar-refractivity contribution in [2.24, 2.45) is 5.92 Å². The maximum Gasteiger partial charge on any atom is 0.326 e. The number of benzene rings is 1. The van der Waals surface area contributed by atoms with Crippen LogP contribution in [-0.4, -0.2) is 28.0 Å². The van der Waals surface area contributed by atoms with E-state index in [1.165, 1.54) is 11.3 Å². The summed E-state index contributed by atoms with van der Waals surface area (Å²) in [6.07, 6.45) is 0.726. The third-order valence-corrected chi connectivity index (χ3v) is 4.94. The highest BCUT2D eigenvalue weighted by molar-refractivity contribution is 7.13. The average molecular weight is 367 g/mol. The lowest BCUT2D eigenvalue weighted by Crippen LogP contribution is -2.45. The van der Waals surface area contributed by atoms with Crippen LogP contribution in [0.5, 0.6) is 0 Å². The molecule has 0 aliphatic rings. The number of carboxylic acid groups (broad SMARTS) is 1. The van der Waals surface area contributed by atoms with Gasteiger partial charge in [-0.25, -0.2) is 9.78 Å². The molecule has 2 rings (SSSR count). The molecular formula is C17H19ClN2O3S. The first kappa shape index (κ1) is 18.4. The van der Waals surface area contributed by atoms with Gasteiger partial charge in [-0.3, -0.25) is 4.79 Å². The van der Waals surface area contributed by atoms with Gasteiger partial charge in [-0.15, -0.1) is 11.3 Å². The summed E-state index contributed by atoms with van der Waals surface area (Å²) in [5, 5.41) is 15.0. The molecular weight excluding hydrogens is 348 g/mol. The zero-order chi connectivity index (χ0) is 17.7. The van der Waals surface area contributed by atoms with Gasteiger partial charge in [0.1, 0.15) is 11.0 Å². The maximum absolute atomic E-state index is 12.1. The van der Waals surface area contributed by atoms with Gasteiger partial charge >= 0.3 is 5.97 Å². The minimum atomic E-state index is -1.02. The van der Waals surface area contributed by atoms with E-state index in [0.717, 1.165) is 10.6 Å². The van der Waals surface area contributed by atoms with Gasteiger partial charge in [0.25, 0.3) is 0 Å². The number of carbonyl (C=O) groups is 2. The van der Waals surface area contributed by atoms with Gasteiger partial charge in [0.15, 0.2) is 0 Å². The van der Waals surface area contributed by atoms with E-state index in [4.69, 9.17) is 11.6 Å². The fourth-order valence-corrected chi connectivity index (χ4v) is 3.22. The lowest BCUT2D eigenvalue weighted by atomic mass is 9.99. The molecule has 7 heteroatoms. The standard InChI is InChI=1S/C17H19ClN2O3S/c1-3-10(2)15(17(22)23)20-14(21)8-13-9-24-16(19-13)11-5-4-6-12(18)7-11/h4-7,9-10,15H,3,8H2,1-2H3,(H,20,21)(H,22,23)/t10-,15+/m1/s1. The predicted molar refractivity (Wildman–Crippen MR) is 95.3 cm³/mol. The van der Waals surface area contributed by atoms with E-state index in [0.29, 0.717) is 17.1 Å². The van der Waals surface area contributed by atoms with E-state index in [-0.39, 0.29) is 18.2 Å². The molecule has 0 aliphatic carbocycles. The highest BCUT2D eigenvalue weighted by Gasteiger charge is 2.25. The summed E-state index contributed by atoms with van der Waals surface area (Å²) in [6.45, 7) is 3.70. The van der Waals surface area contributed by atoms with Crippen molar-refractivity contribution in [2.75, 3.05) is 0 Å². The Balaban J connectivity index is 2.03. The minimum absolute atomic E-state index is 0.0529. The summed E-state index contributed by atoms with van der Waals surface area (Å²) >= 11 is 7.40. The van der Waals surface area contributed by atoms with Crippen LogP contribution in [0.15, 0.2) is 29.6 Å². The van der Waals surface area contributed by atoms with Gasteiger partial charge in [0.05, 0.1) is 12.1 Å². The van der Waals surface area contributed by atoms with E-state index in [1.54, 1.807) is 18.4 Å². The molecule has 2 aromatic rings. The van der Waals surface area contributed by atoms with Crippen molar-refractivity contribution in [3.05, 3.63) is 40.4 Å². The predicted octanol–water partition coefficient (Wildman–Crippen LogP) is 3.62. The van der Waals surface area contributed by atoms with Crippen molar-refractivity contribution < 1.29 is 14.7 Å². The number of carbonyl (C=O) groups excluding carboxylic acids is 1. The Bertz CT molecular complexity index is 732. The number of nitrogens with zero attached hydrogens (tertiary/aromatic N) is 1. The highest BCUT2D eigenvalue weighted by Crippen LogP contribution is 2.26. The quantitative estimate of drug-likeness (QED) is 0.784. The topological polar surface area (TPSA) is 79.3 Å². The molecule has 1 amide bonds.